The number of ether oxygens (including phenoxy) is 1. The van der Waals surface area contributed by atoms with Gasteiger partial charge in [0.2, 0.25) is 0 Å². The lowest BCUT2D eigenvalue weighted by Gasteiger charge is -2.15. The van der Waals surface area contributed by atoms with E-state index in [0.29, 0.717) is 22.7 Å². The van der Waals surface area contributed by atoms with Crippen LogP contribution in [0.3, 0.4) is 0 Å². The molecule has 0 fully saturated rings. The summed E-state index contributed by atoms with van der Waals surface area (Å²) in [5, 5.41) is 2.63. The lowest BCUT2D eigenvalue weighted by Crippen LogP contribution is -2.30. The molecular formula is C20H15F3N2O3. The van der Waals surface area contributed by atoms with E-state index in [9.17, 15) is 22.8 Å². The summed E-state index contributed by atoms with van der Waals surface area (Å²) < 4.78 is 45.1. The molecule has 28 heavy (non-hydrogen) atoms. The summed E-state index contributed by atoms with van der Waals surface area (Å²) in [5.41, 5.74) is 0.848. The van der Waals surface area contributed by atoms with Gasteiger partial charge >= 0.3 is 5.97 Å². The van der Waals surface area contributed by atoms with Crippen LogP contribution in [0.4, 0.5) is 18.9 Å². The number of hydrogen-bond donors (Lipinski definition) is 1. The summed E-state index contributed by atoms with van der Waals surface area (Å²) in [4.78, 5) is 29.0. The van der Waals surface area contributed by atoms with Gasteiger partial charge in [-0.05, 0) is 38.1 Å². The van der Waals surface area contributed by atoms with Crippen LogP contribution in [0.1, 0.15) is 23.0 Å². The second kappa shape index (κ2) is 7.67. The zero-order valence-corrected chi connectivity index (χ0v) is 14.9. The number of aromatic nitrogens is 1. The standard InChI is InChI=1S/C20H15F3N2O3/c1-10-9-13(12-5-3-4-6-15(12)24-10)20(27)28-11(2)19(26)25-16-8-7-14(21)17(22)18(16)23/h3-9,11H,1-2H3,(H,25,26)/t11-/m1/s1. The Kier molecular flexibility index (Phi) is 5.30. The molecule has 8 heteroatoms. The average Bonchev–Trinajstić information content (AvgIpc) is 2.67. The Morgan fingerprint density at radius 3 is 2.54 bits per heavy atom. The number of fused-ring (bicyclic) bond motifs is 1. The number of esters is 1. The van der Waals surface area contributed by atoms with Crippen LogP contribution >= 0.6 is 0 Å². The molecule has 0 saturated heterocycles. The fourth-order valence-electron chi connectivity index (χ4n) is 2.61. The van der Waals surface area contributed by atoms with Crippen molar-refractivity contribution >= 4 is 28.5 Å². The summed E-state index contributed by atoms with van der Waals surface area (Å²) in [6.07, 6.45) is -1.31. The van der Waals surface area contributed by atoms with Gasteiger partial charge in [0.05, 0.1) is 16.8 Å². The van der Waals surface area contributed by atoms with E-state index in [4.69, 9.17) is 4.74 Å². The van der Waals surface area contributed by atoms with Gasteiger partial charge in [-0.3, -0.25) is 9.78 Å². The van der Waals surface area contributed by atoms with Crippen molar-refractivity contribution < 1.29 is 27.5 Å². The predicted octanol–water partition coefficient (Wildman–Crippen LogP) is 4.14. The molecule has 1 atom stereocenters. The van der Waals surface area contributed by atoms with Crippen molar-refractivity contribution in [1.29, 1.82) is 0 Å². The average molecular weight is 388 g/mol. The van der Waals surface area contributed by atoms with Gasteiger partial charge in [-0.25, -0.2) is 18.0 Å². The normalized spacial score (nSPS) is 11.9. The molecule has 1 aromatic heterocycles. The monoisotopic (exact) mass is 388 g/mol. The Morgan fingerprint density at radius 2 is 1.79 bits per heavy atom. The number of hydrogen-bond acceptors (Lipinski definition) is 4. The topological polar surface area (TPSA) is 68.3 Å². The van der Waals surface area contributed by atoms with E-state index >= 15 is 0 Å². The Labute approximate surface area is 158 Å². The van der Waals surface area contributed by atoms with Crippen molar-refractivity contribution in [2.75, 3.05) is 5.32 Å². The molecule has 144 valence electrons. The molecule has 0 aliphatic heterocycles. The molecule has 1 amide bonds. The lowest BCUT2D eigenvalue weighted by molar-refractivity contribution is -0.123. The highest BCUT2D eigenvalue weighted by molar-refractivity contribution is 6.05. The first-order valence-corrected chi connectivity index (χ1v) is 8.29. The highest BCUT2D eigenvalue weighted by Crippen LogP contribution is 2.21. The SMILES string of the molecule is Cc1cc(C(=O)O[C@H](C)C(=O)Nc2ccc(F)c(F)c2F)c2ccccc2n1. The van der Waals surface area contributed by atoms with Crippen LogP contribution in [0.15, 0.2) is 42.5 Å². The summed E-state index contributed by atoms with van der Waals surface area (Å²) in [7, 11) is 0. The van der Waals surface area contributed by atoms with Crippen LogP contribution in [0.2, 0.25) is 0 Å². The zero-order chi connectivity index (χ0) is 20.4. The molecule has 0 aliphatic carbocycles. The minimum absolute atomic E-state index is 0.224. The number of rotatable bonds is 4. The number of para-hydroxylation sites is 1. The van der Waals surface area contributed by atoms with Gasteiger partial charge < -0.3 is 10.1 Å². The van der Waals surface area contributed by atoms with Gasteiger partial charge in [-0.1, -0.05) is 18.2 Å². The number of nitrogens with one attached hydrogen (secondary N) is 1. The van der Waals surface area contributed by atoms with E-state index in [1.54, 1.807) is 31.2 Å². The second-order valence-corrected chi connectivity index (χ2v) is 6.09. The Bertz CT molecular complexity index is 1090. The van der Waals surface area contributed by atoms with E-state index in [0.717, 1.165) is 6.07 Å². The summed E-state index contributed by atoms with van der Waals surface area (Å²) in [6, 6.07) is 10.0. The van der Waals surface area contributed by atoms with Gasteiger partial charge in [-0.2, -0.15) is 0 Å². The molecular weight excluding hydrogens is 373 g/mol. The van der Waals surface area contributed by atoms with Gasteiger partial charge in [0.15, 0.2) is 23.6 Å². The number of anilines is 1. The van der Waals surface area contributed by atoms with Crippen molar-refractivity contribution in [3.63, 3.8) is 0 Å². The molecule has 0 spiro atoms. The van der Waals surface area contributed by atoms with Gasteiger partial charge in [0.1, 0.15) is 0 Å². The van der Waals surface area contributed by atoms with Gasteiger partial charge in [0, 0.05) is 11.1 Å². The number of amides is 1. The summed E-state index contributed by atoms with van der Waals surface area (Å²) in [6.45, 7) is 2.99. The molecule has 2 aromatic carbocycles. The third-order valence-corrected chi connectivity index (χ3v) is 4.01. The Balaban J connectivity index is 1.78. The molecule has 3 aromatic rings. The minimum Gasteiger partial charge on any atom is -0.449 e. The highest BCUT2D eigenvalue weighted by atomic mass is 19.2. The zero-order valence-electron chi connectivity index (χ0n) is 14.9. The van der Waals surface area contributed by atoms with E-state index in [1.807, 2.05) is 0 Å². The number of benzene rings is 2. The Hall–Kier alpha value is -3.42. The number of halogens is 3. The van der Waals surface area contributed by atoms with Crippen LogP contribution in [-0.2, 0) is 9.53 Å². The van der Waals surface area contributed by atoms with Gasteiger partial charge in [0.25, 0.3) is 5.91 Å². The summed E-state index contributed by atoms with van der Waals surface area (Å²) >= 11 is 0. The predicted molar refractivity (Wildman–Crippen MR) is 96.3 cm³/mol. The fourth-order valence-corrected chi connectivity index (χ4v) is 2.61. The number of carbonyl (C=O) groups is 2. The van der Waals surface area contributed by atoms with Crippen LogP contribution < -0.4 is 5.32 Å². The Morgan fingerprint density at radius 1 is 1.07 bits per heavy atom. The third kappa shape index (κ3) is 3.80. The van der Waals surface area contributed by atoms with Crippen molar-refractivity contribution in [1.82, 2.24) is 4.98 Å². The van der Waals surface area contributed by atoms with Gasteiger partial charge in [-0.15, -0.1) is 0 Å². The summed E-state index contributed by atoms with van der Waals surface area (Å²) in [5.74, 6) is -6.29. The highest BCUT2D eigenvalue weighted by Gasteiger charge is 2.23. The fraction of sp³-hybridized carbons (Fsp3) is 0.150. The van der Waals surface area contributed by atoms with Crippen LogP contribution in [0.5, 0.6) is 0 Å². The first-order chi connectivity index (χ1) is 13.3. The number of carbonyl (C=O) groups excluding carboxylic acids is 2. The number of nitrogens with zero attached hydrogens (tertiary/aromatic N) is 1. The van der Waals surface area contributed by atoms with E-state index < -0.39 is 41.1 Å². The largest absolute Gasteiger partial charge is 0.449 e. The van der Waals surface area contributed by atoms with Crippen LogP contribution in [-0.4, -0.2) is 23.0 Å². The molecule has 5 nitrogen and oxygen atoms in total. The first kappa shape index (κ1) is 19.3. The van der Waals surface area contributed by atoms with Crippen LogP contribution in [0, 0.1) is 24.4 Å². The maximum Gasteiger partial charge on any atom is 0.339 e. The molecule has 0 radical (unpaired) electrons. The molecule has 0 saturated carbocycles. The van der Waals surface area contributed by atoms with E-state index in [1.165, 1.54) is 13.0 Å². The molecule has 0 aliphatic rings. The van der Waals surface area contributed by atoms with E-state index in [2.05, 4.69) is 10.3 Å². The molecule has 3 rings (SSSR count). The first-order valence-electron chi connectivity index (χ1n) is 8.29. The van der Waals surface area contributed by atoms with Crippen molar-refractivity contribution in [2.24, 2.45) is 0 Å². The van der Waals surface area contributed by atoms with E-state index in [-0.39, 0.29) is 5.56 Å². The third-order valence-electron chi connectivity index (χ3n) is 4.01. The maximum atomic E-state index is 13.7. The minimum atomic E-state index is -1.71. The molecule has 0 bridgehead atoms. The number of pyridine rings is 1. The lowest BCUT2D eigenvalue weighted by atomic mass is 10.1. The molecule has 1 heterocycles. The second-order valence-electron chi connectivity index (χ2n) is 6.09. The smallest absolute Gasteiger partial charge is 0.339 e. The van der Waals surface area contributed by atoms with Crippen molar-refractivity contribution in [3.05, 3.63) is 71.2 Å². The molecule has 0 unspecified atom stereocenters. The van der Waals surface area contributed by atoms with Crippen LogP contribution in [0.25, 0.3) is 10.9 Å². The molecule has 1 N–H and O–H groups in total. The quantitative estimate of drug-likeness (QED) is 0.539. The number of aryl methyl sites for hydroxylation is 1. The van der Waals surface area contributed by atoms with Crippen molar-refractivity contribution in [3.8, 4) is 0 Å². The van der Waals surface area contributed by atoms with Crippen molar-refractivity contribution in [2.45, 2.75) is 20.0 Å². The maximum absolute atomic E-state index is 13.7.